The molecule has 5 nitrogen and oxygen atoms in total. The van der Waals surface area contributed by atoms with E-state index in [1.807, 2.05) is 52.0 Å². The van der Waals surface area contributed by atoms with Gasteiger partial charge in [0.25, 0.3) is 0 Å². The number of halogens is 1. The van der Waals surface area contributed by atoms with E-state index in [1.54, 1.807) is 6.92 Å². The first-order valence-corrected chi connectivity index (χ1v) is 9.47. The Morgan fingerprint density at radius 2 is 1.59 bits per heavy atom. The number of carbonyl (C=O) groups excluding carboxylic acids is 1. The molecule has 0 saturated carbocycles. The molecule has 2 heterocycles. The molecular formula is C20H29BFNO4. The molecule has 0 bridgehead atoms. The van der Waals surface area contributed by atoms with Crippen molar-refractivity contribution in [3.63, 3.8) is 0 Å². The second-order valence-corrected chi connectivity index (χ2v) is 8.72. The third-order valence-electron chi connectivity index (χ3n) is 6.17. The zero-order valence-electron chi connectivity index (χ0n) is 17.0. The normalized spacial score (nSPS) is 24.8. The van der Waals surface area contributed by atoms with Crippen molar-refractivity contribution in [2.75, 3.05) is 13.2 Å². The van der Waals surface area contributed by atoms with E-state index < -0.39 is 35.9 Å². The molecule has 1 unspecified atom stereocenters. The summed E-state index contributed by atoms with van der Waals surface area (Å²) in [5, 5.41) is 2.77. The summed E-state index contributed by atoms with van der Waals surface area (Å²) in [6.07, 6.45) is -1.11. The average molecular weight is 377 g/mol. The first-order valence-electron chi connectivity index (χ1n) is 9.47. The van der Waals surface area contributed by atoms with Crippen LogP contribution in [0.1, 0.15) is 47.1 Å². The molecule has 0 aliphatic carbocycles. The smallest absolute Gasteiger partial charge is 0.399 e. The van der Waals surface area contributed by atoms with Gasteiger partial charge >= 0.3 is 7.12 Å². The van der Waals surface area contributed by atoms with Gasteiger partial charge in [0, 0.05) is 0 Å². The number of alkyl halides is 1. The zero-order valence-corrected chi connectivity index (χ0v) is 17.0. The first-order chi connectivity index (χ1) is 12.5. The fourth-order valence-electron chi connectivity index (χ4n) is 3.13. The predicted molar refractivity (Wildman–Crippen MR) is 103 cm³/mol. The quantitative estimate of drug-likeness (QED) is 0.799. The number of hydrogen-bond acceptors (Lipinski definition) is 4. The molecule has 7 heteroatoms. The largest absolute Gasteiger partial charge is 0.494 e. The number of benzene rings is 1. The summed E-state index contributed by atoms with van der Waals surface area (Å²) in [7, 11) is -0.445. The van der Waals surface area contributed by atoms with Crippen LogP contribution in [0.2, 0.25) is 0 Å². The molecule has 148 valence electrons. The number of rotatable bonds is 5. The van der Waals surface area contributed by atoms with Crippen molar-refractivity contribution in [2.45, 2.75) is 70.4 Å². The molecule has 3 rings (SSSR count). The van der Waals surface area contributed by atoms with E-state index in [-0.39, 0.29) is 5.91 Å². The molecule has 0 aromatic heterocycles. The first kappa shape index (κ1) is 20.3. The Balaban J connectivity index is 1.77. The van der Waals surface area contributed by atoms with Crippen LogP contribution in [-0.4, -0.2) is 49.7 Å². The van der Waals surface area contributed by atoms with Gasteiger partial charge in [-0.25, -0.2) is 4.39 Å². The van der Waals surface area contributed by atoms with Gasteiger partial charge in [0.1, 0.15) is 11.6 Å². The van der Waals surface area contributed by atoms with Crippen LogP contribution in [0.15, 0.2) is 24.3 Å². The third-order valence-corrected chi connectivity index (χ3v) is 6.17. The van der Waals surface area contributed by atoms with Gasteiger partial charge < -0.3 is 19.4 Å². The molecule has 27 heavy (non-hydrogen) atoms. The summed E-state index contributed by atoms with van der Waals surface area (Å²) in [5.74, 6) is -0.200. The number of carbonyl (C=O) groups is 1. The molecule has 2 atom stereocenters. The van der Waals surface area contributed by atoms with Crippen LogP contribution in [0.25, 0.3) is 0 Å². The Kier molecular flexibility index (Phi) is 5.16. The molecule has 0 radical (unpaired) electrons. The highest BCUT2D eigenvalue weighted by atomic mass is 19.1. The average Bonchev–Trinajstić information content (AvgIpc) is 2.75. The van der Waals surface area contributed by atoms with Crippen molar-refractivity contribution < 1.29 is 23.2 Å². The van der Waals surface area contributed by atoms with Crippen LogP contribution in [-0.2, 0) is 24.3 Å². The number of amides is 1. The van der Waals surface area contributed by atoms with Crippen molar-refractivity contribution in [1.82, 2.24) is 5.32 Å². The van der Waals surface area contributed by atoms with E-state index >= 15 is 0 Å². The number of hydrogen-bond donors (Lipinski definition) is 1. The van der Waals surface area contributed by atoms with E-state index in [2.05, 4.69) is 5.32 Å². The lowest BCUT2D eigenvalue weighted by Crippen LogP contribution is -2.59. The maximum absolute atomic E-state index is 13.4. The molecule has 0 spiro atoms. The Morgan fingerprint density at radius 3 is 2.00 bits per heavy atom. The highest BCUT2D eigenvalue weighted by molar-refractivity contribution is 6.62. The lowest BCUT2D eigenvalue weighted by atomic mass is 9.74. The van der Waals surface area contributed by atoms with Crippen LogP contribution in [0.5, 0.6) is 0 Å². The van der Waals surface area contributed by atoms with Gasteiger partial charge in [-0.2, -0.15) is 0 Å². The topological polar surface area (TPSA) is 56.8 Å². The number of ether oxygens (including phenoxy) is 1. The van der Waals surface area contributed by atoms with Gasteiger partial charge in [-0.15, -0.1) is 0 Å². The van der Waals surface area contributed by atoms with Crippen molar-refractivity contribution in [1.29, 1.82) is 0 Å². The standard InChI is InChI=1S/C20H29BFNO4/c1-13(22)14(2)23-17(24)20(11-25-12-20)15-7-9-16(10-8-15)21-26-18(3,4)19(5,6)27-21/h7-10,13-14H,11-12H2,1-6H3,(H,23,24)/t13-,14?/m1/s1. The molecule has 2 aliphatic heterocycles. The second kappa shape index (κ2) is 6.87. The predicted octanol–water partition coefficient (Wildman–Crippen LogP) is 2.12. The van der Waals surface area contributed by atoms with Crippen LogP contribution in [0, 0.1) is 0 Å². The van der Waals surface area contributed by atoms with Gasteiger partial charge in [0.05, 0.1) is 30.5 Å². The Morgan fingerprint density at radius 1 is 1.07 bits per heavy atom. The molecule has 2 saturated heterocycles. The second-order valence-electron chi connectivity index (χ2n) is 8.72. The van der Waals surface area contributed by atoms with Crippen LogP contribution >= 0.6 is 0 Å². The van der Waals surface area contributed by atoms with Crippen LogP contribution in [0.3, 0.4) is 0 Å². The maximum Gasteiger partial charge on any atom is 0.494 e. The maximum atomic E-state index is 13.4. The lowest BCUT2D eigenvalue weighted by Gasteiger charge is -2.41. The summed E-state index contributed by atoms with van der Waals surface area (Å²) < 4.78 is 30.9. The van der Waals surface area contributed by atoms with E-state index in [4.69, 9.17) is 14.0 Å². The minimum Gasteiger partial charge on any atom is -0.399 e. The van der Waals surface area contributed by atoms with Crippen LogP contribution in [0.4, 0.5) is 4.39 Å². The van der Waals surface area contributed by atoms with Crippen LogP contribution < -0.4 is 10.8 Å². The summed E-state index contributed by atoms with van der Waals surface area (Å²) in [6, 6.07) is 7.12. The number of nitrogens with one attached hydrogen (secondary N) is 1. The SMILES string of the molecule is CC(NC(=O)C1(c2ccc(B3OC(C)(C)C(C)(C)O3)cc2)COC1)[C@@H](C)F. The fourth-order valence-corrected chi connectivity index (χ4v) is 3.13. The highest BCUT2D eigenvalue weighted by Gasteiger charge is 2.52. The lowest BCUT2D eigenvalue weighted by molar-refractivity contribution is -0.146. The molecular weight excluding hydrogens is 348 g/mol. The van der Waals surface area contributed by atoms with Crippen molar-refractivity contribution in [3.05, 3.63) is 29.8 Å². The minimum atomic E-state index is -1.11. The molecule has 1 aromatic rings. The minimum absolute atomic E-state index is 0.200. The van der Waals surface area contributed by atoms with E-state index in [1.165, 1.54) is 6.92 Å². The summed E-state index contributed by atoms with van der Waals surface area (Å²) in [6.45, 7) is 11.7. The van der Waals surface area contributed by atoms with Gasteiger partial charge in [0.15, 0.2) is 0 Å². The summed E-state index contributed by atoms with van der Waals surface area (Å²) in [5.41, 5.74) is 0.179. The fraction of sp³-hybridized carbons (Fsp3) is 0.650. The molecule has 1 aromatic carbocycles. The molecule has 2 aliphatic rings. The third kappa shape index (κ3) is 3.53. The summed E-state index contributed by atoms with van der Waals surface area (Å²) >= 11 is 0. The van der Waals surface area contributed by atoms with Gasteiger partial charge in [-0.1, -0.05) is 24.3 Å². The summed E-state index contributed by atoms with van der Waals surface area (Å²) in [4.78, 5) is 12.8. The zero-order chi connectivity index (χ0) is 20.0. The van der Waals surface area contributed by atoms with E-state index in [9.17, 15) is 9.18 Å². The molecule has 1 N–H and O–H groups in total. The van der Waals surface area contributed by atoms with E-state index in [0.717, 1.165) is 11.0 Å². The van der Waals surface area contributed by atoms with Crippen molar-refractivity contribution >= 4 is 18.5 Å². The van der Waals surface area contributed by atoms with Gasteiger partial charge in [0.2, 0.25) is 5.91 Å². The molecule has 2 fully saturated rings. The van der Waals surface area contributed by atoms with E-state index in [0.29, 0.717) is 13.2 Å². The Bertz CT molecular complexity index is 684. The van der Waals surface area contributed by atoms with Crippen molar-refractivity contribution in [2.24, 2.45) is 0 Å². The van der Waals surface area contributed by atoms with Gasteiger partial charge in [-0.3, -0.25) is 4.79 Å². The highest BCUT2D eigenvalue weighted by Crippen LogP contribution is 2.37. The van der Waals surface area contributed by atoms with Crippen molar-refractivity contribution in [3.8, 4) is 0 Å². The molecule has 1 amide bonds. The Hall–Kier alpha value is -1.44. The van der Waals surface area contributed by atoms with Gasteiger partial charge in [-0.05, 0) is 52.6 Å². The Labute approximate surface area is 161 Å². The monoisotopic (exact) mass is 377 g/mol.